The lowest BCUT2D eigenvalue weighted by atomic mass is 9.67. The number of carboxylic acids is 1. The standard InChI is InChI=1S/C32H36F6N2O3/c1-4-5-6-22-7-9-30(20(22)3)10-12-40(18-19(30)2)11-8-25(26-16-27(26)29(42)43)28(41)39-17-21-13-23(31(33,34)35)15-24(14-21)32(36,37)38/h4-7,9,13-15,19,25-27H,1,8,10-12,16-18H2,2-3H3,(H,39,41)(H,42,43)/b6-5-/t19-,25?,26?,27?,30-/m0/s1. The molecule has 2 fully saturated rings. The first-order valence-electron chi connectivity index (χ1n) is 14.3. The van der Waals surface area contributed by atoms with Crippen LogP contribution in [0.2, 0.25) is 0 Å². The molecule has 43 heavy (non-hydrogen) atoms. The van der Waals surface area contributed by atoms with Gasteiger partial charge >= 0.3 is 18.3 Å². The van der Waals surface area contributed by atoms with Gasteiger partial charge < -0.3 is 15.3 Å². The van der Waals surface area contributed by atoms with Gasteiger partial charge in [0.1, 0.15) is 0 Å². The molecule has 3 unspecified atom stereocenters. The predicted octanol–water partition coefficient (Wildman–Crippen LogP) is 7.02. The third-order valence-electron chi connectivity index (χ3n) is 9.24. The van der Waals surface area contributed by atoms with Crippen molar-refractivity contribution in [3.63, 3.8) is 0 Å². The molecule has 11 heteroatoms. The van der Waals surface area contributed by atoms with Crippen molar-refractivity contribution in [2.24, 2.45) is 29.1 Å². The summed E-state index contributed by atoms with van der Waals surface area (Å²) in [6.45, 7) is 9.52. The van der Waals surface area contributed by atoms with Crippen molar-refractivity contribution >= 4 is 11.9 Å². The zero-order valence-electron chi connectivity index (χ0n) is 24.1. The van der Waals surface area contributed by atoms with Crippen molar-refractivity contribution < 1.29 is 41.0 Å². The van der Waals surface area contributed by atoms with Gasteiger partial charge in [0.25, 0.3) is 0 Å². The Morgan fingerprint density at radius 3 is 2.35 bits per heavy atom. The van der Waals surface area contributed by atoms with Crippen molar-refractivity contribution in [3.05, 3.63) is 83.0 Å². The lowest BCUT2D eigenvalue weighted by Gasteiger charge is -2.45. The largest absolute Gasteiger partial charge is 0.481 e. The van der Waals surface area contributed by atoms with Crippen LogP contribution in [0.15, 0.2) is 66.3 Å². The maximum atomic E-state index is 13.3. The molecule has 1 saturated heterocycles. The summed E-state index contributed by atoms with van der Waals surface area (Å²) < 4.78 is 79.6. The number of benzene rings is 1. The minimum absolute atomic E-state index is 0.0387. The van der Waals surface area contributed by atoms with E-state index in [0.29, 0.717) is 31.5 Å². The monoisotopic (exact) mass is 610 g/mol. The molecule has 1 saturated carbocycles. The number of rotatable bonds is 10. The minimum atomic E-state index is -5.00. The van der Waals surface area contributed by atoms with Crippen LogP contribution < -0.4 is 5.32 Å². The van der Waals surface area contributed by atoms with Crippen LogP contribution in [0.3, 0.4) is 0 Å². The smallest absolute Gasteiger partial charge is 0.416 e. The Morgan fingerprint density at radius 1 is 1.16 bits per heavy atom. The minimum Gasteiger partial charge on any atom is -0.481 e. The van der Waals surface area contributed by atoms with E-state index < -0.39 is 59.7 Å². The molecule has 1 heterocycles. The van der Waals surface area contributed by atoms with Crippen molar-refractivity contribution in [2.45, 2.75) is 52.0 Å². The lowest BCUT2D eigenvalue weighted by molar-refractivity contribution is -0.143. The number of carbonyl (C=O) groups is 2. The van der Waals surface area contributed by atoms with Gasteiger partial charge in [0, 0.05) is 24.4 Å². The first kappa shape index (κ1) is 32.6. The fourth-order valence-corrected chi connectivity index (χ4v) is 6.59. The number of alkyl halides is 6. The van der Waals surface area contributed by atoms with E-state index in [9.17, 15) is 41.0 Å². The molecule has 5 nitrogen and oxygen atoms in total. The van der Waals surface area contributed by atoms with Gasteiger partial charge in [-0.15, -0.1) is 0 Å². The van der Waals surface area contributed by atoms with E-state index in [0.717, 1.165) is 25.1 Å². The molecule has 1 aliphatic heterocycles. The molecular weight excluding hydrogens is 574 g/mol. The third-order valence-corrected chi connectivity index (χ3v) is 9.24. The average Bonchev–Trinajstić information content (AvgIpc) is 3.66. The normalized spacial score (nSPS) is 26.7. The van der Waals surface area contributed by atoms with Gasteiger partial charge in [-0.1, -0.05) is 49.5 Å². The highest BCUT2D eigenvalue weighted by Gasteiger charge is 2.50. The van der Waals surface area contributed by atoms with Crippen molar-refractivity contribution in [2.75, 3.05) is 19.6 Å². The second-order valence-electron chi connectivity index (χ2n) is 11.9. The number of nitrogens with zero attached hydrogens (tertiary/aromatic N) is 1. The Balaban J connectivity index is 1.43. The van der Waals surface area contributed by atoms with E-state index in [1.165, 1.54) is 5.57 Å². The Morgan fingerprint density at radius 2 is 1.81 bits per heavy atom. The molecule has 1 amide bonds. The molecule has 0 radical (unpaired) electrons. The van der Waals surface area contributed by atoms with E-state index >= 15 is 0 Å². The number of nitrogens with one attached hydrogen (secondary N) is 1. The van der Waals surface area contributed by atoms with Crippen molar-refractivity contribution in [1.82, 2.24) is 10.2 Å². The number of likely N-dealkylation sites (tertiary alicyclic amines) is 1. The van der Waals surface area contributed by atoms with Crippen LogP contribution >= 0.6 is 0 Å². The molecule has 1 aromatic carbocycles. The molecule has 0 aromatic heterocycles. The number of carbonyl (C=O) groups excluding carboxylic acids is 1. The van der Waals surface area contributed by atoms with Crippen molar-refractivity contribution in [1.29, 1.82) is 0 Å². The van der Waals surface area contributed by atoms with Gasteiger partial charge in [0.2, 0.25) is 5.91 Å². The quantitative estimate of drug-likeness (QED) is 0.221. The molecule has 0 bridgehead atoms. The van der Waals surface area contributed by atoms with E-state index in [1.807, 2.05) is 12.2 Å². The third kappa shape index (κ3) is 7.25. The van der Waals surface area contributed by atoms with Crippen molar-refractivity contribution in [3.8, 4) is 0 Å². The molecule has 2 N–H and O–H groups in total. The summed E-state index contributed by atoms with van der Waals surface area (Å²) >= 11 is 0. The highest BCUT2D eigenvalue weighted by Crippen LogP contribution is 2.50. The van der Waals surface area contributed by atoms with Gasteiger partial charge in [-0.25, -0.2) is 0 Å². The number of halogens is 6. The molecule has 4 rings (SSSR count). The number of hydrogen-bond acceptors (Lipinski definition) is 3. The summed E-state index contributed by atoms with van der Waals surface area (Å²) in [5.74, 6) is -3.21. The zero-order valence-corrected chi connectivity index (χ0v) is 24.1. The Bertz CT molecular complexity index is 1310. The van der Waals surface area contributed by atoms with Crippen LogP contribution in [0.1, 0.15) is 49.8 Å². The molecular formula is C32H36F6N2O3. The van der Waals surface area contributed by atoms with Gasteiger partial charge in [0.15, 0.2) is 0 Å². The van der Waals surface area contributed by atoms with Crippen LogP contribution in [0, 0.1) is 29.1 Å². The highest BCUT2D eigenvalue weighted by atomic mass is 19.4. The molecule has 3 aliphatic rings. The van der Waals surface area contributed by atoms with Crippen LogP contribution in [-0.2, 0) is 28.5 Å². The van der Waals surface area contributed by atoms with Crippen LogP contribution in [-0.4, -0.2) is 41.5 Å². The maximum absolute atomic E-state index is 13.3. The second-order valence-corrected chi connectivity index (χ2v) is 11.9. The topological polar surface area (TPSA) is 69.6 Å². The molecule has 1 aromatic rings. The van der Waals surface area contributed by atoms with Gasteiger partial charge in [-0.3, -0.25) is 9.59 Å². The number of allylic oxidation sites excluding steroid dienone is 7. The summed E-state index contributed by atoms with van der Waals surface area (Å²) in [5, 5.41) is 12.0. The Hall–Kier alpha value is -3.34. The van der Waals surface area contributed by atoms with E-state index in [2.05, 4.69) is 42.8 Å². The molecule has 5 atom stereocenters. The van der Waals surface area contributed by atoms with Gasteiger partial charge in [-0.2, -0.15) is 26.3 Å². The molecule has 1 spiro atoms. The van der Waals surface area contributed by atoms with E-state index in [4.69, 9.17) is 0 Å². The van der Waals surface area contributed by atoms with Gasteiger partial charge in [-0.05, 0) is 80.4 Å². The van der Waals surface area contributed by atoms with Crippen LogP contribution in [0.25, 0.3) is 0 Å². The number of piperidine rings is 1. The number of carboxylic acid groups (broad SMARTS) is 1. The number of aliphatic carboxylic acids is 1. The average molecular weight is 611 g/mol. The van der Waals surface area contributed by atoms with Crippen LogP contribution in [0.5, 0.6) is 0 Å². The summed E-state index contributed by atoms with van der Waals surface area (Å²) in [4.78, 5) is 27.1. The first-order valence-corrected chi connectivity index (χ1v) is 14.3. The maximum Gasteiger partial charge on any atom is 0.416 e. The van der Waals surface area contributed by atoms with E-state index in [-0.39, 0.29) is 23.0 Å². The fourth-order valence-electron chi connectivity index (χ4n) is 6.59. The van der Waals surface area contributed by atoms with E-state index in [1.54, 1.807) is 6.08 Å². The predicted molar refractivity (Wildman–Crippen MR) is 149 cm³/mol. The SMILES string of the molecule is C=C/C=C\C1=C(C)[C@@]2(C=C1)CCN(CCC(C(=O)NCc1cc(C(F)(F)F)cc(C(F)(F)F)c1)C1CC1C(=O)O)C[C@@H]2C. The van der Waals surface area contributed by atoms with Crippen LogP contribution in [0.4, 0.5) is 26.3 Å². The second kappa shape index (κ2) is 12.3. The number of amides is 1. The summed E-state index contributed by atoms with van der Waals surface area (Å²) in [7, 11) is 0. The zero-order chi connectivity index (χ0) is 31.7. The summed E-state index contributed by atoms with van der Waals surface area (Å²) in [5.41, 5.74) is -0.878. The Labute approximate surface area is 247 Å². The Kier molecular flexibility index (Phi) is 9.35. The first-order chi connectivity index (χ1) is 20.1. The molecule has 234 valence electrons. The highest BCUT2D eigenvalue weighted by molar-refractivity contribution is 5.82. The fraction of sp³-hybridized carbons (Fsp3) is 0.500. The molecule has 2 aliphatic carbocycles. The summed E-state index contributed by atoms with van der Waals surface area (Å²) in [6, 6.07) is 1.20. The van der Waals surface area contributed by atoms with Gasteiger partial charge in [0.05, 0.1) is 17.0 Å². The summed E-state index contributed by atoms with van der Waals surface area (Å²) in [6.07, 6.45) is 1.54. The lowest BCUT2D eigenvalue weighted by Crippen LogP contribution is -2.46. The number of hydrogen-bond donors (Lipinski definition) is 2.